The van der Waals surface area contributed by atoms with Crippen LogP contribution in [0.3, 0.4) is 0 Å². The molecule has 23 heavy (non-hydrogen) atoms. The lowest BCUT2D eigenvalue weighted by atomic mass is 10.2. The number of hydrogen-bond acceptors (Lipinski definition) is 4. The first-order valence-electron chi connectivity index (χ1n) is 7.09. The normalized spacial score (nSPS) is 10.7. The molecule has 1 heterocycles. The average Bonchev–Trinajstić information content (AvgIpc) is 3.07. The van der Waals surface area contributed by atoms with E-state index < -0.39 is 0 Å². The average molecular weight is 330 g/mol. The first kappa shape index (κ1) is 16.9. The van der Waals surface area contributed by atoms with Gasteiger partial charge in [-0.3, -0.25) is 9.59 Å². The predicted molar refractivity (Wildman–Crippen MR) is 92.6 cm³/mol. The van der Waals surface area contributed by atoms with Gasteiger partial charge < -0.3 is 15.4 Å². The van der Waals surface area contributed by atoms with Gasteiger partial charge in [-0.25, -0.2) is 0 Å². The van der Waals surface area contributed by atoms with Crippen molar-refractivity contribution >= 4 is 34.9 Å². The van der Waals surface area contributed by atoms with Crippen LogP contribution in [0.1, 0.15) is 15.2 Å². The Morgan fingerprint density at radius 1 is 1.26 bits per heavy atom. The lowest BCUT2D eigenvalue weighted by molar-refractivity contribution is -0.111. The molecule has 0 radical (unpaired) electrons. The highest BCUT2D eigenvalue weighted by molar-refractivity contribution is 7.10. The van der Waals surface area contributed by atoms with Crippen LogP contribution in [0.2, 0.25) is 0 Å². The summed E-state index contributed by atoms with van der Waals surface area (Å²) < 4.78 is 4.88. The zero-order chi connectivity index (χ0) is 16.5. The summed E-state index contributed by atoms with van der Waals surface area (Å²) in [6.07, 6.45) is 3.22. The Kier molecular flexibility index (Phi) is 6.53. The lowest BCUT2D eigenvalue weighted by Gasteiger charge is -2.07. The third kappa shape index (κ3) is 5.69. The maximum Gasteiger partial charge on any atom is 0.251 e. The van der Waals surface area contributed by atoms with Crippen LogP contribution in [0.25, 0.3) is 6.08 Å². The molecule has 5 nitrogen and oxygen atoms in total. The van der Waals surface area contributed by atoms with Crippen LogP contribution in [-0.2, 0) is 9.53 Å². The van der Waals surface area contributed by atoms with Gasteiger partial charge in [0, 0.05) is 35.9 Å². The van der Waals surface area contributed by atoms with Gasteiger partial charge in [-0.05, 0) is 35.7 Å². The Morgan fingerprint density at radius 3 is 2.87 bits per heavy atom. The fraction of sp³-hybridized carbons (Fsp3) is 0.176. The van der Waals surface area contributed by atoms with Crippen molar-refractivity contribution < 1.29 is 14.3 Å². The summed E-state index contributed by atoms with van der Waals surface area (Å²) in [5, 5.41) is 7.42. The van der Waals surface area contributed by atoms with Crippen LogP contribution in [-0.4, -0.2) is 32.1 Å². The van der Waals surface area contributed by atoms with E-state index in [-0.39, 0.29) is 11.8 Å². The van der Waals surface area contributed by atoms with Crippen LogP contribution < -0.4 is 10.6 Å². The second-order valence-corrected chi connectivity index (χ2v) is 5.65. The third-order valence-electron chi connectivity index (χ3n) is 2.93. The molecule has 0 unspecified atom stereocenters. The Labute approximate surface area is 139 Å². The number of carbonyl (C=O) groups excluding carboxylic acids is 2. The third-order valence-corrected chi connectivity index (χ3v) is 3.76. The monoisotopic (exact) mass is 330 g/mol. The number of amides is 2. The topological polar surface area (TPSA) is 67.4 Å². The van der Waals surface area contributed by atoms with Gasteiger partial charge in [0.25, 0.3) is 5.91 Å². The second kappa shape index (κ2) is 8.87. The summed E-state index contributed by atoms with van der Waals surface area (Å²) in [5.41, 5.74) is 1.06. The quantitative estimate of drug-likeness (QED) is 0.606. The molecular formula is C17H18N2O3S. The highest BCUT2D eigenvalue weighted by Crippen LogP contribution is 2.12. The van der Waals surface area contributed by atoms with E-state index in [9.17, 15) is 9.59 Å². The Hall–Kier alpha value is -2.44. The van der Waals surface area contributed by atoms with Crippen molar-refractivity contribution in [2.45, 2.75) is 0 Å². The number of hydrogen-bond donors (Lipinski definition) is 2. The zero-order valence-corrected chi connectivity index (χ0v) is 13.6. The number of anilines is 1. The van der Waals surface area contributed by atoms with Gasteiger partial charge in [0.05, 0.1) is 6.61 Å². The largest absolute Gasteiger partial charge is 0.383 e. The lowest BCUT2D eigenvalue weighted by Crippen LogP contribution is -2.27. The molecular weight excluding hydrogens is 312 g/mol. The zero-order valence-electron chi connectivity index (χ0n) is 12.7. The molecule has 2 rings (SSSR count). The highest BCUT2D eigenvalue weighted by atomic mass is 32.1. The van der Waals surface area contributed by atoms with Crippen molar-refractivity contribution in [3.63, 3.8) is 0 Å². The number of carbonyl (C=O) groups is 2. The van der Waals surface area contributed by atoms with Crippen molar-refractivity contribution in [2.24, 2.45) is 0 Å². The summed E-state index contributed by atoms with van der Waals surface area (Å²) in [7, 11) is 1.58. The molecule has 2 N–H and O–H groups in total. The first-order valence-corrected chi connectivity index (χ1v) is 7.97. The Morgan fingerprint density at radius 2 is 2.13 bits per heavy atom. The molecule has 1 aromatic carbocycles. The van der Waals surface area contributed by atoms with E-state index in [2.05, 4.69) is 10.6 Å². The molecule has 0 spiro atoms. The number of benzene rings is 1. The predicted octanol–water partition coefficient (Wildman–Crippen LogP) is 2.78. The number of methoxy groups -OCH3 is 1. The molecule has 120 valence electrons. The van der Waals surface area contributed by atoms with Crippen molar-refractivity contribution in [2.75, 3.05) is 25.6 Å². The molecule has 0 aliphatic heterocycles. The van der Waals surface area contributed by atoms with E-state index in [0.29, 0.717) is 24.4 Å². The summed E-state index contributed by atoms with van der Waals surface area (Å²) in [6.45, 7) is 0.894. The van der Waals surface area contributed by atoms with Crippen LogP contribution in [0, 0.1) is 0 Å². The summed E-state index contributed by atoms with van der Waals surface area (Å²) in [4.78, 5) is 24.8. The van der Waals surface area contributed by atoms with E-state index >= 15 is 0 Å². The van der Waals surface area contributed by atoms with Crippen LogP contribution in [0.15, 0.2) is 47.9 Å². The standard InChI is InChI=1S/C17H18N2O3S/c1-22-10-9-18-17(21)13-4-2-5-14(12-13)19-16(20)8-7-15-6-3-11-23-15/h2-8,11-12H,9-10H2,1H3,(H,18,21)(H,19,20)/b8-7+. The molecule has 6 heteroatoms. The molecule has 0 aliphatic carbocycles. The Balaban J connectivity index is 1.94. The number of ether oxygens (including phenoxy) is 1. The molecule has 1 aromatic heterocycles. The minimum Gasteiger partial charge on any atom is -0.383 e. The fourth-order valence-corrected chi connectivity index (χ4v) is 2.45. The minimum absolute atomic E-state index is 0.202. The van der Waals surface area contributed by atoms with Gasteiger partial charge in [0.1, 0.15) is 0 Å². The second-order valence-electron chi connectivity index (χ2n) is 4.67. The van der Waals surface area contributed by atoms with E-state index in [0.717, 1.165) is 4.88 Å². The molecule has 2 amide bonds. The molecule has 0 atom stereocenters. The van der Waals surface area contributed by atoms with Crippen LogP contribution in [0.5, 0.6) is 0 Å². The molecule has 0 aliphatic rings. The van der Waals surface area contributed by atoms with Gasteiger partial charge in [0.2, 0.25) is 5.91 Å². The SMILES string of the molecule is COCCNC(=O)c1cccc(NC(=O)/C=C/c2cccs2)c1. The van der Waals surface area contributed by atoms with Crippen molar-refractivity contribution in [1.29, 1.82) is 0 Å². The fourth-order valence-electron chi connectivity index (χ4n) is 1.83. The van der Waals surface area contributed by atoms with Gasteiger partial charge in [0.15, 0.2) is 0 Å². The summed E-state index contributed by atoms with van der Waals surface area (Å²) >= 11 is 1.56. The van der Waals surface area contributed by atoms with Crippen LogP contribution in [0.4, 0.5) is 5.69 Å². The van der Waals surface area contributed by atoms with Gasteiger partial charge in [-0.15, -0.1) is 11.3 Å². The Bertz CT molecular complexity index is 681. The molecule has 0 bridgehead atoms. The van der Waals surface area contributed by atoms with Gasteiger partial charge in [-0.1, -0.05) is 12.1 Å². The number of nitrogens with one attached hydrogen (secondary N) is 2. The van der Waals surface area contributed by atoms with E-state index in [1.54, 1.807) is 48.8 Å². The molecule has 0 saturated carbocycles. The van der Waals surface area contributed by atoms with E-state index in [1.165, 1.54) is 6.08 Å². The van der Waals surface area contributed by atoms with Crippen LogP contribution >= 0.6 is 11.3 Å². The van der Waals surface area contributed by atoms with Gasteiger partial charge >= 0.3 is 0 Å². The summed E-state index contributed by atoms with van der Waals surface area (Å²) in [6, 6.07) is 10.7. The molecule has 2 aromatic rings. The minimum atomic E-state index is -0.240. The first-order chi connectivity index (χ1) is 11.2. The number of thiophene rings is 1. The summed E-state index contributed by atoms with van der Waals surface area (Å²) in [5.74, 6) is -0.442. The number of rotatable bonds is 7. The van der Waals surface area contributed by atoms with Crippen molar-refractivity contribution in [3.05, 3.63) is 58.3 Å². The molecule has 0 saturated heterocycles. The maximum absolute atomic E-state index is 11.9. The van der Waals surface area contributed by atoms with Gasteiger partial charge in [-0.2, -0.15) is 0 Å². The van der Waals surface area contributed by atoms with Crippen molar-refractivity contribution in [3.8, 4) is 0 Å². The van der Waals surface area contributed by atoms with E-state index in [4.69, 9.17) is 4.74 Å². The molecule has 0 fully saturated rings. The maximum atomic E-state index is 11.9. The van der Waals surface area contributed by atoms with Crippen molar-refractivity contribution in [1.82, 2.24) is 5.32 Å². The smallest absolute Gasteiger partial charge is 0.251 e. The van der Waals surface area contributed by atoms with E-state index in [1.807, 2.05) is 17.5 Å². The highest BCUT2D eigenvalue weighted by Gasteiger charge is 2.06.